The number of hydrogen-bond donors (Lipinski definition) is 2. The predicted octanol–water partition coefficient (Wildman–Crippen LogP) is 2.17. The zero-order valence-electron chi connectivity index (χ0n) is 16.3. The molecule has 0 aliphatic heterocycles. The Morgan fingerprint density at radius 1 is 1.33 bits per heavy atom. The Balaban J connectivity index is 1.32. The topological polar surface area (TPSA) is 75.8 Å². The van der Waals surface area contributed by atoms with Crippen molar-refractivity contribution in [2.24, 2.45) is 10.4 Å². The Hall–Kier alpha value is -2.15. The monoisotopic (exact) mass is 370 g/mol. The van der Waals surface area contributed by atoms with Crippen LogP contribution in [0.1, 0.15) is 44.9 Å². The fourth-order valence-electron chi connectivity index (χ4n) is 4.80. The van der Waals surface area contributed by atoms with Crippen molar-refractivity contribution < 1.29 is 4.74 Å². The second-order valence-electron chi connectivity index (χ2n) is 7.61. The van der Waals surface area contributed by atoms with E-state index in [0.717, 1.165) is 43.4 Å². The number of hydrogen-bond acceptors (Lipinski definition) is 4. The first kappa shape index (κ1) is 18.2. The Bertz CT molecular complexity index is 795. The highest BCUT2D eigenvalue weighted by atomic mass is 16.5. The van der Waals surface area contributed by atoms with Gasteiger partial charge in [0.05, 0.1) is 6.10 Å². The SMILES string of the molecule is CCOC1CC(NC(=NC)NCCc2nnc3ccccn23)C12CCCC2. The summed E-state index contributed by atoms with van der Waals surface area (Å²) in [4.78, 5) is 4.43. The van der Waals surface area contributed by atoms with Gasteiger partial charge in [-0.3, -0.25) is 9.39 Å². The van der Waals surface area contributed by atoms with Crippen LogP contribution in [0.3, 0.4) is 0 Å². The molecule has 2 aromatic rings. The lowest BCUT2D eigenvalue weighted by atomic mass is 9.60. The van der Waals surface area contributed by atoms with Crippen LogP contribution in [0.2, 0.25) is 0 Å². The molecule has 7 heteroatoms. The third kappa shape index (κ3) is 3.40. The third-order valence-electron chi connectivity index (χ3n) is 6.25. The Morgan fingerprint density at radius 2 is 2.19 bits per heavy atom. The summed E-state index contributed by atoms with van der Waals surface area (Å²) in [5, 5.41) is 15.6. The average molecular weight is 371 g/mol. The van der Waals surface area contributed by atoms with E-state index in [4.69, 9.17) is 4.74 Å². The molecule has 2 aliphatic carbocycles. The van der Waals surface area contributed by atoms with Crippen LogP contribution in [0, 0.1) is 5.41 Å². The highest BCUT2D eigenvalue weighted by Crippen LogP contribution is 2.54. The van der Waals surface area contributed by atoms with Crippen LogP contribution in [0.15, 0.2) is 29.4 Å². The van der Waals surface area contributed by atoms with Crippen LogP contribution in [0.5, 0.6) is 0 Å². The Kier molecular flexibility index (Phi) is 5.29. The Morgan fingerprint density at radius 3 is 2.96 bits per heavy atom. The molecule has 0 amide bonds. The zero-order chi connectivity index (χ0) is 18.7. The standard InChI is InChI=1S/C20H30N6O/c1-3-27-16-14-15(20(16)10-5-6-11-20)23-19(21-2)22-12-9-18-25-24-17-8-4-7-13-26(17)18/h4,7-8,13,15-16H,3,5-6,9-12,14H2,1-2H3,(H2,21,22,23). The van der Waals surface area contributed by atoms with Crippen molar-refractivity contribution in [3.05, 3.63) is 30.2 Å². The molecule has 2 fully saturated rings. The summed E-state index contributed by atoms with van der Waals surface area (Å²) < 4.78 is 8.05. The van der Waals surface area contributed by atoms with Gasteiger partial charge in [0.15, 0.2) is 11.6 Å². The molecule has 146 valence electrons. The lowest BCUT2D eigenvalue weighted by Crippen LogP contribution is -2.65. The van der Waals surface area contributed by atoms with E-state index < -0.39 is 0 Å². The van der Waals surface area contributed by atoms with E-state index in [-0.39, 0.29) is 0 Å². The molecule has 1 spiro atoms. The van der Waals surface area contributed by atoms with Crippen LogP contribution in [0.4, 0.5) is 0 Å². The number of ether oxygens (including phenoxy) is 1. The minimum atomic E-state index is 0.302. The molecule has 4 rings (SSSR count). The number of nitrogens with zero attached hydrogens (tertiary/aromatic N) is 4. The molecular formula is C20H30N6O. The van der Waals surface area contributed by atoms with Crippen molar-refractivity contribution in [1.29, 1.82) is 0 Å². The van der Waals surface area contributed by atoms with Gasteiger partial charge in [-0.25, -0.2) is 0 Å². The molecule has 2 unspecified atom stereocenters. The van der Waals surface area contributed by atoms with Gasteiger partial charge in [0.2, 0.25) is 0 Å². The highest BCUT2D eigenvalue weighted by Gasteiger charge is 2.56. The van der Waals surface area contributed by atoms with Gasteiger partial charge in [0.1, 0.15) is 5.82 Å². The van der Waals surface area contributed by atoms with E-state index >= 15 is 0 Å². The smallest absolute Gasteiger partial charge is 0.191 e. The van der Waals surface area contributed by atoms with Gasteiger partial charge >= 0.3 is 0 Å². The summed E-state index contributed by atoms with van der Waals surface area (Å²) in [6.07, 6.45) is 9.43. The number of aromatic nitrogens is 3. The van der Waals surface area contributed by atoms with E-state index in [2.05, 4.69) is 32.7 Å². The van der Waals surface area contributed by atoms with E-state index in [0.29, 0.717) is 17.6 Å². The molecule has 2 heterocycles. The normalized spacial score (nSPS) is 24.3. The van der Waals surface area contributed by atoms with Crippen molar-refractivity contribution in [3.8, 4) is 0 Å². The van der Waals surface area contributed by atoms with Gasteiger partial charge in [-0.2, -0.15) is 0 Å². The van der Waals surface area contributed by atoms with Crippen molar-refractivity contribution in [1.82, 2.24) is 25.2 Å². The maximum Gasteiger partial charge on any atom is 0.191 e. The van der Waals surface area contributed by atoms with Gasteiger partial charge in [-0.05, 0) is 38.3 Å². The summed E-state index contributed by atoms with van der Waals surface area (Å²) >= 11 is 0. The molecule has 2 atom stereocenters. The minimum absolute atomic E-state index is 0.302. The second kappa shape index (κ2) is 7.84. The van der Waals surface area contributed by atoms with E-state index in [1.807, 2.05) is 35.8 Å². The second-order valence-corrected chi connectivity index (χ2v) is 7.61. The fourth-order valence-corrected chi connectivity index (χ4v) is 4.80. The highest BCUT2D eigenvalue weighted by molar-refractivity contribution is 5.80. The summed E-state index contributed by atoms with van der Waals surface area (Å²) in [6.45, 7) is 3.67. The minimum Gasteiger partial charge on any atom is -0.378 e. The number of pyridine rings is 1. The van der Waals surface area contributed by atoms with Gasteiger partial charge in [-0.1, -0.05) is 18.9 Å². The molecule has 0 bridgehead atoms. The summed E-state index contributed by atoms with van der Waals surface area (Å²) in [5.74, 6) is 1.83. The number of nitrogens with one attached hydrogen (secondary N) is 2. The van der Waals surface area contributed by atoms with Crippen molar-refractivity contribution in [2.75, 3.05) is 20.2 Å². The molecular weight excluding hydrogens is 340 g/mol. The van der Waals surface area contributed by atoms with Crippen molar-refractivity contribution >= 4 is 11.6 Å². The van der Waals surface area contributed by atoms with Crippen LogP contribution in [0.25, 0.3) is 5.65 Å². The number of aliphatic imine (C=N–C) groups is 1. The van der Waals surface area contributed by atoms with Gasteiger partial charge in [0.25, 0.3) is 0 Å². The summed E-state index contributed by atoms with van der Waals surface area (Å²) in [7, 11) is 1.84. The fraction of sp³-hybridized carbons (Fsp3) is 0.650. The first-order valence-corrected chi connectivity index (χ1v) is 10.1. The van der Waals surface area contributed by atoms with Crippen LogP contribution >= 0.6 is 0 Å². The van der Waals surface area contributed by atoms with E-state index in [1.54, 1.807) is 0 Å². The molecule has 27 heavy (non-hydrogen) atoms. The number of rotatable bonds is 6. The van der Waals surface area contributed by atoms with Crippen LogP contribution in [-0.2, 0) is 11.2 Å². The number of guanidine groups is 1. The third-order valence-corrected chi connectivity index (χ3v) is 6.25. The molecule has 0 aromatic carbocycles. The molecule has 7 nitrogen and oxygen atoms in total. The van der Waals surface area contributed by atoms with E-state index in [9.17, 15) is 0 Å². The maximum atomic E-state index is 6.01. The first-order valence-electron chi connectivity index (χ1n) is 10.1. The molecule has 2 N–H and O–H groups in total. The van der Waals surface area contributed by atoms with Gasteiger partial charge in [0, 0.05) is 44.3 Å². The first-order chi connectivity index (χ1) is 13.3. The van der Waals surface area contributed by atoms with Crippen LogP contribution in [-0.4, -0.2) is 52.9 Å². The summed E-state index contributed by atoms with van der Waals surface area (Å²) in [5.41, 5.74) is 1.19. The molecule has 2 saturated carbocycles. The van der Waals surface area contributed by atoms with Gasteiger partial charge < -0.3 is 15.4 Å². The largest absolute Gasteiger partial charge is 0.378 e. The predicted molar refractivity (Wildman–Crippen MR) is 106 cm³/mol. The van der Waals surface area contributed by atoms with Gasteiger partial charge in [-0.15, -0.1) is 10.2 Å². The van der Waals surface area contributed by atoms with Crippen LogP contribution < -0.4 is 10.6 Å². The molecule has 0 radical (unpaired) electrons. The summed E-state index contributed by atoms with van der Waals surface area (Å²) in [6, 6.07) is 6.40. The Labute approximate surface area is 160 Å². The molecule has 2 aromatic heterocycles. The number of fused-ring (bicyclic) bond motifs is 1. The quantitative estimate of drug-likeness (QED) is 0.602. The lowest BCUT2D eigenvalue weighted by Gasteiger charge is -2.54. The lowest BCUT2D eigenvalue weighted by molar-refractivity contribution is -0.125. The maximum absolute atomic E-state index is 6.01. The molecule has 0 saturated heterocycles. The molecule has 2 aliphatic rings. The van der Waals surface area contributed by atoms with E-state index in [1.165, 1.54) is 25.7 Å². The zero-order valence-corrected chi connectivity index (χ0v) is 16.3. The van der Waals surface area contributed by atoms with Crippen molar-refractivity contribution in [3.63, 3.8) is 0 Å². The average Bonchev–Trinajstić information content (AvgIpc) is 3.35. The van der Waals surface area contributed by atoms with Crippen molar-refractivity contribution in [2.45, 2.75) is 57.6 Å².